The molecule has 6 nitrogen and oxygen atoms in total. The summed E-state index contributed by atoms with van der Waals surface area (Å²) in [7, 11) is 1.59. The predicted octanol–water partition coefficient (Wildman–Crippen LogP) is 3.63. The summed E-state index contributed by atoms with van der Waals surface area (Å²) in [6, 6.07) is 12.2. The van der Waals surface area contributed by atoms with E-state index in [9.17, 15) is 9.59 Å². The fraction of sp³-hybridized carbons (Fsp3) is 0.200. The lowest BCUT2D eigenvalue weighted by Crippen LogP contribution is -2.23. The number of methoxy groups -OCH3 is 1. The van der Waals surface area contributed by atoms with Gasteiger partial charge in [0.2, 0.25) is 0 Å². The van der Waals surface area contributed by atoms with Gasteiger partial charge in [0, 0.05) is 17.0 Å². The molecule has 0 aliphatic rings. The number of fused-ring (bicyclic) bond motifs is 1. The second kappa shape index (κ2) is 6.92. The fourth-order valence-corrected chi connectivity index (χ4v) is 2.72. The van der Waals surface area contributed by atoms with Crippen molar-refractivity contribution in [2.45, 2.75) is 20.0 Å². The smallest absolute Gasteiger partial charge is 0.344 e. The first-order chi connectivity index (χ1) is 12.4. The van der Waals surface area contributed by atoms with Gasteiger partial charge in [-0.05, 0) is 49.2 Å². The molecule has 3 rings (SSSR count). The van der Waals surface area contributed by atoms with E-state index in [0.717, 1.165) is 22.3 Å². The molecule has 1 heterocycles. The molecule has 0 radical (unpaired) electrons. The standard InChI is InChI=1S/C20H18O6/c1-11-17(25-12(2)20(22)23)9-8-15-16(10-18(21)26-19(11)15)13-4-6-14(24-3)7-5-13/h4-10,12H,1-3H3,(H,22,23)/t12-/m1/s1. The lowest BCUT2D eigenvalue weighted by molar-refractivity contribution is -0.144. The Morgan fingerprint density at radius 3 is 2.46 bits per heavy atom. The zero-order valence-corrected chi connectivity index (χ0v) is 14.6. The molecule has 2 aromatic carbocycles. The van der Waals surface area contributed by atoms with Crippen molar-refractivity contribution < 1.29 is 23.8 Å². The zero-order valence-electron chi connectivity index (χ0n) is 14.6. The zero-order chi connectivity index (χ0) is 18.8. The van der Waals surface area contributed by atoms with Crippen LogP contribution in [0.25, 0.3) is 22.1 Å². The molecule has 0 unspecified atom stereocenters. The lowest BCUT2D eigenvalue weighted by atomic mass is 10.00. The first-order valence-electron chi connectivity index (χ1n) is 8.02. The summed E-state index contributed by atoms with van der Waals surface area (Å²) in [5, 5.41) is 9.76. The fourth-order valence-electron chi connectivity index (χ4n) is 2.72. The number of hydrogen-bond donors (Lipinski definition) is 1. The highest BCUT2D eigenvalue weighted by Crippen LogP contribution is 2.34. The first-order valence-corrected chi connectivity index (χ1v) is 8.02. The Morgan fingerprint density at radius 1 is 1.15 bits per heavy atom. The Kier molecular flexibility index (Phi) is 4.67. The third-order valence-electron chi connectivity index (χ3n) is 4.16. The Balaban J connectivity index is 2.15. The van der Waals surface area contributed by atoms with Crippen molar-refractivity contribution in [1.82, 2.24) is 0 Å². The number of aliphatic carboxylic acids is 1. The van der Waals surface area contributed by atoms with Crippen molar-refractivity contribution in [3.05, 3.63) is 58.4 Å². The van der Waals surface area contributed by atoms with Crippen LogP contribution in [-0.2, 0) is 4.79 Å². The number of hydrogen-bond acceptors (Lipinski definition) is 5. The van der Waals surface area contributed by atoms with E-state index in [-0.39, 0.29) is 0 Å². The molecule has 0 aliphatic carbocycles. The second-order valence-electron chi connectivity index (χ2n) is 5.87. The highest BCUT2D eigenvalue weighted by Gasteiger charge is 2.17. The van der Waals surface area contributed by atoms with Gasteiger partial charge in [0.1, 0.15) is 17.1 Å². The Labute approximate surface area is 149 Å². The van der Waals surface area contributed by atoms with E-state index < -0.39 is 17.7 Å². The first kappa shape index (κ1) is 17.5. The largest absolute Gasteiger partial charge is 0.497 e. The highest BCUT2D eigenvalue weighted by molar-refractivity contribution is 5.95. The average Bonchev–Trinajstić information content (AvgIpc) is 2.63. The molecule has 0 fully saturated rings. The number of ether oxygens (including phenoxy) is 2. The minimum Gasteiger partial charge on any atom is -0.497 e. The summed E-state index contributed by atoms with van der Waals surface area (Å²) >= 11 is 0. The van der Waals surface area contributed by atoms with E-state index in [1.165, 1.54) is 13.0 Å². The van der Waals surface area contributed by atoms with Crippen LogP contribution in [0.5, 0.6) is 11.5 Å². The van der Waals surface area contributed by atoms with Gasteiger partial charge in [-0.2, -0.15) is 0 Å². The van der Waals surface area contributed by atoms with Crippen LogP contribution < -0.4 is 15.1 Å². The number of rotatable bonds is 5. The molecular formula is C20H18O6. The maximum Gasteiger partial charge on any atom is 0.344 e. The molecule has 134 valence electrons. The summed E-state index contributed by atoms with van der Waals surface area (Å²) < 4.78 is 16.0. The maximum atomic E-state index is 12.1. The van der Waals surface area contributed by atoms with Gasteiger partial charge < -0.3 is 19.0 Å². The molecule has 1 aromatic heterocycles. The monoisotopic (exact) mass is 354 g/mol. The van der Waals surface area contributed by atoms with Gasteiger partial charge in [-0.1, -0.05) is 12.1 Å². The van der Waals surface area contributed by atoms with Gasteiger partial charge in [-0.3, -0.25) is 0 Å². The lowest BCUT2D eigenvalue weighted by Gasteiger charge is -2.15. The van der Waals surface area contributed by atoms with Crippen molar-refractivity contribution in [3.63, 3.8) is 0 Å². The van der Waals surface area contributed by atoms with Crippen LogP contribution in [0.15, 0.2) is 51.7 Å². The van der Waals surface area contributed by atoms with Crippen molar-refractivity contribution in [2.24, 2.45) is 0 Å². The minimum atomic E-state index is -1.07. The van der Waals surface area contributed by atoms with Crippen LogP contribution in [0.1, 0.15) is 12.5 Å². The number of aryl methyl sites for hydroxylation is 1. The van der Waals surface area contributed by atoms with Crippen molar-refractivity contribution in [3.8, 4) is 22.6 Å². The van der Waals surface area contributed by atoms with Crippen LogP contribution in [0, 0.1) is 6.92 Å². The van der Waals surface area contributed by atoms with E-state index in [0.29, 0.717) is 16.9 Å². The highest BCUT2D eigenvalue weighted by atomic mass is 16.5. The summed E-state index contributed by atoms with van der Waals surface area (Å²) in [6.45, 7) is 3.17. The van der Waals surface area contributed by atoms with Crippen LogP contribution in [0.2, 0.25) is 0 Å². The molecule has 26 heavy (non-hydrogen) atoms. The summed E-state index contributed by atoms with van der Waals surface area (Å²) in [4.78, 5) is 23.1. The van der Waals surface area contributed by atoms with Crippen molar-refractivity contribution in [2.75, 3.05) is 7.11 Å². The Bertz CT molecular complexity index is 1020. The quantitative estimate of drug-likeness (QED) is 0.704. The molecule has 1 atom stereocenters. The second-order valence-corrected chi connectivity index (χ2v) is 5.87. The molecule has 0 saturated carbocycles. The molecule has 0 aliphatic heterocycles. The molecule has 0 spiro atoms. The van der Waals surface area contributed by atoms with Gasteiger partial charge in [0.25, 0.3) is 0 Å². The molecule has 0 amide bonds. The molecule has 0 saturated heterocycles. The van der Waals surface area contributed by atoms with E-state index in [1.54, 1.807) is 26.2 Å². The van der Waals surface area contributed by atoms with Crippen molar-refractivity contribution >= 4 is 16.9 Å². The summed E-state index contributed by atoms with van der Waals surface area (Å²) in [5.41, 5.74) is 2.02. The summed E-state index contributed by atoms with van der Waals surface area (Å²) in [5.74, 6) is 0.0101. The van der Waals surface area contributed by atoms with Gasteiger partial charge >= 0.3 is 11.6 Å². The molecule has 6 heteroatoms. The Morgan fingerprint density at radius 2 is 1.85 bits per heavy atom. The number of carboxylic acids is 1. The summed E-state index contributed by atoms with van der Waals surface area (Å²) in [6.07, 6.45) is -1.01. The molecule has 1 N–H and O–H groups in total. The molecule has 3 aromatic rings. The van der Waals surface area contributed by atoms with E-state index >= 15 is 0 Å². The van der Waals surface area contributed by atoms with Crippen LogP contribution in [0.4, 0.5) is 0 Å². The normalized spacial score (nSPS) is 12.0. The molecular weight excluding hydrogens is 336 g/mol. The van der Waals surface area contributed by atoms with Gasteiger partial charge in [0.15, 0.2) is 6.10 Å². The number of carbonyl (C=O) groups is 1. The van der Waals surface area contributed by atoms with Crippen LogP contribution in [-0.4, -0.2) is 24.3 Å². The predicted molar refractivity (Wildman–Crippen MR) is 96.9 cm³/mol. The van der Waals surface area contributed by atoms with Gasteiger partial charge in [-0.15, -0.1) is 0 Å². The van der Waals surface area contributed by atoms with Gasteiger partial charge in [0.05, 0.1) is 7.11 Å². The Hall–Kier alpha value is -3.28. The van der Waals surface area contributed by atoms with Crippen LogP contribution >= 0.6 is 0 Å². The van der Waals surface area contributed by atoms with E-state index in [4.69, 9.17) is 19.0 Å². The van der Waals surface area contributed by atoms with E-state index in [1.807, 2.05) is 24.3 Å². The SMILES string of the molecule is COc1ccc(-c2cc(=O)oc3c(C)c(O[C@H](C)C(=O)O)ccc23)cc1. The number of carboxylic acid groups (broad SMARTS) is 1. The topological polar surface area (TPSA) is 86.0 Å². The third-order valence-corrected chi connectivity index (χ3v) is 4.16. The average molecular weight is 354 g/mol. The molecule has 0 bridgehead atoms. The van der Waals surface area contributed by atoms with Crippen LogP contribution in [0.3, 0.4) is 0 Å². The van der Waals surface area contributed by atoms with Crippen molar-refractivity contribution in [1.29, 1.82) is 0 Å². The van der Waals surface area contributed by atoms with Gasteiger partial charge in [-0.25, -0.2) is 9.59 Å². The number of benzene rings is 2. The minimum absolute atomic E-state index is 0.363. The maximum absolute atomic E-state index is 12.1. The third kappa shape index (κ3) is 3.26. The van der Waals surface area contributed by atoms with E-state index in [2.05, 4.69) is 0 Å².